The number of carbonyl (C=O) groups excluding carboxylic acids is 4. The molecule has 4 rings (SSSR count). The van der Waals surface area contributed by atoms with Crippen LogP contribution in [0.25, 0.3) is 0 Å². The zero-order chi connectivity index (χ0) is 66.6. The van der Waals surface area contributed by atoms with Crippen LogP contribution in [-0.2, 0) is 38.1 Å². The van der Waals surface area contributed by atoms with E-state index >= 15 is 0 Å². The van der Waals surface area contributed by atoms with Gasteiger partial charge in [0.2, 0.25) is 0 Å². The molecule has 0 radical (unpaired) electrons. The van der Waals surface area contributed by atoms with E-state index in [1.165, 1.54) is 51.4 Å². The Morgan fingerprint density at radius 2 is 0.694 bits per heavy atom. The monoisotopic (exact) mass is 1200 g/mol. The molecule has 8 atom stereocenters. The summed E-state index contributed by atoms with van der Waals surface area (Å²) in [5.74, 6) is 7.21. The van der Waals surface area contributed by atoms with E-state index < -0.39 is 0 Å². The Labute approximate surface area is 529 Å². The minimum Gasteiger partial charge on any atom is -0.462 e. The first-order chi connectivity index (χ1) is 38.4. The molecule has 0 aliphatic heterocycles. The molecule has 4 aliphatic carbocycles. The molecule has 0 saturated heterocycles. The van der Waals surface area contributed by atoms with Gasteiger partial charge in [-0.05, 0) is 238 Å². The number of rotatable bonds is 17. The molecule has 0 amide bonds. The zero-order valence-corrected chi connectivity index (χ0v) is 62.7. The highest BCUT2D eigenvalue weighted by atomic mass is 16.6. The Kier molecular flexibility index (Phi) is 31.2. The van der Waals surface area contributed by atoms with Crippen LogP contribution in [0.5, 0.6) is 0 Å². The number of esters is 4. The summed E-state index contributed by atoms with van der Waals surface area (Å²) in [7, 11) is 0. The van der Waals surface area contributed by atoms with Crippen LogP contribution in [0.4, 0.5) is 0 Å². The largest absolute Gasteiger partial charge is 0.462 e. The lowest BCUT2D eigenvalue weighted by molar-refractivity contribution is -0.175. The van der Waals surface area contributed by atoms with Crippen LogP contribution in [-0.4, -0.2) is 48.3 Å². The normalized spacial score (nSPS) is 28.5. The number of hydrogen-bond donors (Lipinski definition) is 0. The summed E-state index contributed by atoms with van der Waals surface area (Å²) in [5, 5.41) is 0. The summed E-state index contributed by atoms with van der Waals surface area (Å²) in [6.45, 7) is 72.6. The molecule has 0 aromatic heterocycles. The molecule has 4 saturated carbocycles. The van der Waals surface area contributed by atoms with Gasteiger partial charge in [0.05, 0.1) is 21.7 Å². The van der Waals surface area contributed by atoms with Crippen LogP contribution in [0.15, 0.2) is 0 Å². The molecule has 8 nitrogen and oxygen atoms in total. The maximum Gasteiger partial charge on any atom is 0.311 e. The minimum atomic E-state index is -0.385. The first-order valence-corrected chi connectivity index (χ1v) is 35.3. The van der Waals surface area contributed by atoms with Gasteiger partial charge in [0.1, 0.15) is 24.4 Å². The summed E-state index contributed by atoms with van der Waals surface area (Å²) >= 11 is 0. The van der Waals surface area contributed by atoms with Gasteiger partial charge in [0, 0.05) is 5.92 Å². The number of ether oxygens (including phenoxy) is 4. The predicted molar refractivity (Wildman–Crippen MR) is 361 cm³/mol. The van der Waals surface area contributed by atoms with Crippen LogP contribution in [0, 0.1) is 120 Å². The van der Waals surface area contributed by atoms with Crippen molar-refractivity contribution >= 4 is 23.9 Å². The molecule has 4 fully saturated rings. The van der Waals surface area contributed by atoms with Crippen LogP contribution in [0.1, 0.15) is 325 Å². The Balaban J connectivity index is 0.000000568. The third-order valence-electron chi connectivity index (χ3n) is 23.4. The lowest BCUT2D eigenvalue weighted by Gasteiger charge is -2.49. The second-order valence-electron chi connectivity index (χ2n) is 36.0. The smallest absolute Gasteiger partial charge is 0.311 e. The van der Waals surface area contributed by atoms with Crippen molar-refractivity contribution in [3.05, 3.63) is 0 Å². The lowest BCUT2D eigenvalue weighted by atomic mass is 9.58. The standard InChI is InChI=1S/C22H42O2.C19H36O2.2C18H34O2/c1-11-22(9,10)20(23)24-19-17(14(2)3)12-16(21(6,7)8)13-18(19)15(4)5;1-9-18(5,6)16(20)21-15-12-10-14(11-13-15)19(7,8)17(2,3)4;1-9-18(7,8)16(19)20-15-13(3)10-12(2)11-14(15)17(4,5)6;1-8-18(6,7)17(19)20-16-14(12(2)3)10-9-11-15(16)13(4)5/h14-19H,11-13H2,1-10H3;14-15H,9-13H2,1-8H3;12-15H,9-11H2,1-8H3;12-16H,8-11H2,1-7H3. The molecule has 85 heavy (non-hydrogen) atoms. The highest BCUT2D eigenvalue weighted by Gasteiger charge is 2.49. The van der Waals surface area contributed by atoms with E-state index in [2.05, 4.69) is 166 Å². The molecule has 0 aromatic rings. The van der Waals surface area contributed by atoms with Gasteiger partial charge in [-0.2, -0.15) is 0 Å². The second-order valence-corrected chi connectivity index (χ2v) is 36.0. The van der Waals surface area contributed by atoms with Crippen LogP contribution < -0.4 is 0 Å². The van der Waals surface area contributed by atoms with Crippen molar-refractivity contribution in [3.63, 3.8) is 0 Å². The summed E-state index contributed by atoms with van der Waals surface area (Å²) in [6, 6.07) is 0. The summed E-state index contributed by atoms with van der Waals surface area (Å²) < 4.78 is 24.0. The number of hydrogen-bond acceptors (Lipinski definition) is 8. The maximum absolute atomic E-state index is 12.8. The quantitative estimate of drug-likeness (QED) is 0.105. The highest BCUT2D eigenvalue weighted by Crippen LogP contribution is 2.52. The third-order valence-corrected chi connectivity index (χ3v) is 23.4. The molecule has 0 N–H and O–H groups in total. The van der Waals surface area contributed by atoms with Crippen molar-refractivity contribution in [1.29, 1.82) is 0 Å². The maximum atomic E-state index is 12.8. The Morgan fingerprint density at radius 3 is 0.988 bits per heavy atom. The zero-order valence-electron chi connectivity index (χ0n) is 62.7. The minimum absolute atomic E-state index is 0.0109. The van der Waals surface area contributed by atoms with Gasteiger partial charge in [-0.25, -0.2) is 0 Å². The SMILES string of the molecule is CCC(C)(C)C(=O)OC1C(C(C)C)CC(C(C)(C)C)CC1C(C)C.CCC(C)(C)C(=O)OC1C(C(C)C)CCCC1C(C)C.CCC(C)(C)C(=O)OC1C(C)CC(C)CC1C(C)(C)C.CCC(C)(C)C(=O)OC1CCC(C(C)(C)C(C)(C)C)CC1. The van der Waals surface area contributed by atoms with E-state index in [4.69, 9.17) is 18.9 Å². The fourth-order valence-electron chi connectivity index (χ4n) is 13.5. The van der Waals surface area contributed by atoms with E-state index in [-0.39, 0.29) is 75.4 Å². The second kappa shape index (κ2) is 32.8. The van der Waals surface area contributed by atoms with Gasteiger partial charge in [0.15, 0.2) is 0 Å². The first-order valence-electron chi connectivity index (χ1n) is 35.3. The molecule has 4 aliphatic rings. The molecule has 8 heteroatoms. The van der Waals surface area contributed by atoms with Gasteiger partial charge in [-0.3, -0.25) is 19.2 Å². The van der Waals surface area contributed by atoms with E-state index in [0.717, 1.165) is 56.8 Å². The molecule has 0 heterocycles. The predicted octanol–water partition coefficient (Wildman–Crippen LogP) is 22.1. The first kappa shape index (κ1) is 80.9. The van der Waals surface area contributed by atoms with Crippen molar-refractivity contribution in [2.75, 3.05) is 0 Å². The summed E-state index contributed by atoms with van der Waals surface area (Å²) in [4.78, 5) is 49.9. The molecular weight excluding hydrogens is 1050 g/mol. The topological polar surface area (TPSA) is 105 Å². The van der Waals surface area contributed by atoms with Gasteiger partial charge >= 0.3 is 23.9 Å². The van der Waals surface area contributed by atoms with E-state index in [1.54, 1.807) is 0 Å². The van der Waals surface area contributed by atoms with Crippen molar-refractivity contribution in [1.82, 2.24) is 0 Å². The fourth-order valence-corrected chi connectivity index (χ4v) is 13.5. The van der Waals surface area contributed by atoms with E-state index in [1.807, 2.05) is 62.3 Å². The molecular formula is C77H146O8. The lowest BCUT2D eigenvalue weighted by Crippen LogP contribution is -2.48. The van der Waals surface area contributed by atoms with Gasteiger partial charge in [-0.1, -0.05) is 180 Å². The van der Waals surface area contributed by atoms with Crippen molar-refractivity contribution in [2.45, 2.75) is 349 Å². The average molecular weight is 1200 g/mol. The molecule has 8 unspecified atom stereocenters. The Bertz CT molecular complexity index is 1950. The van der Waals surface area contributed by atoms with Gasteiger partial charge in [-0.15, -0.1) is 0 Å². The van der Waals surface area contributed by atoms with Crippen LogP contribution in [0.2, 0.25) is 0 Å². The molecule has 502 valence electrons. The molecule has 0 bridgehead atoms. The molecule has 0 aromatic carbocycles. The van der Waals surface area contributed by atoms with E-state index in [9.17, 15) is 19.2 Å². The highest BCUT2D eigenvalue weighted by molar-refractivity contribution is 5.77. The van der Waals surface area contributed by atoms with E-state index in [0.29, 0.717) is 81.3 Å². The summed E-state index contributed by atoms with van der Waals surface area (Å²) in [6.07, 6.45) is 16.5. The van der Waals surface area contributed by atoms with Crippen LogP contribution >= 0.6 is 0 Å². The van der Waals surface area contributed by atoms with Crippen molar-refractivity contribution < 1.29 is 38.1 Å². The molecule has 0 spiro atoms. The van der Waals surface area contributed by atoms with Crippen molar-refractivity contribution in [2.24, 2.45) is 120 Å². The van der Waals surface area contributed by atoms with Gasteiger partial charge in [0.25, 0.3) is 0 Å². The van der Waals surface area contributed by atoms with Crippen LogP contribution in [0.3, 0.4) is 0 Å². The third kappa shape index (κ3) is 23.6. The fraction of sp³-hybridized carbons (Fsp3) is 0.948. The Hall–Kier alpha value is -2.12. The van der Waals surface area contributed by atoms with Crippen molar-refractivity contribution in [3.8, 4) is 0 Å². The Morgan fingerprint density at radius 1 is 0.376 bits per heavy atom. The average Bonchev–Trinajstić information content (AvgIpc) is 1.84. The summed E-state index contributed by atoms with van der Waals surface area (Å²) in [5.41, 5.74) is -0.324. The van der Waals surface area contributed by atoms with Gasteiger partial charge < -0.3 is 18.9 Å². The number of carbonyl (C=O) groups is 4.